The molecule has 1 aromatic carbocycles. The van der Waals surface area contributed by atoms with Crippen LogP contribution in [-0.2, 0) is 4.79 Å². The molecule has 0 aliphatic carbocycles. The number of amides is 2. The minimum absolute atomic E-state index is 0.0693. The van der Waals surface area contributed by atoms with Gasteiger partial charge in [-0.15, -0.1) is 0 Å². The average molecular weight is 312 g/mol. The maximum Gasteiger partial charge on any atom is 0.254 e. The molecule has 2 aromatic rings. The molecule has 0 bridgehead atoms. The van der Waals surface area contributed by atoms with Crippen LogP contribution in [0.25, 0.3) is 0 Å². The lowest BCUT2D eigenvalue weighted by Gasteiger charge is -2.18. The number of hydrogen-bond donors (Lipinski definition) is 1. The van der Waals surface area contributed by atoms with Crippen LogP contribution in [-0.4, -0.2) is 39.6 Å². The van der Waals surface area contributed by atoms with Crippen LogP contribution in [0.3, 0.4) is 0 Å². The molecule has 3 rings (SSSR count). The molecule has 6 heteroatoms. The minimum Gasteiger partial charge on any atom is -0.336 e. The van der Waals surface area contributed by atoms with Crippen LogP contribution in [0.5, 0.6) is 0 Å². The Kier molecular flexibility index (Phi) is 4.14. The lowest BCUT2D eigenvalue weighted by atomic mass is 10.1. The molecule has 2 amide bonds. The van der Waals surface area contributed by atoms with Gasteiger partial charge in [-0.25, -0.2) is 0 Å². The summed E-state index contributed by atoms with van der Waals surface area (Å²) in [4.78, 5) is 25.6. The van der Waals surface area contributed by atoms with Gasteiger partial charge in [0.2, 0.25) is 5.91 Å². The SMILES string of the molecule is CC(=O)Nc1ccn([C@H]2CCN(C(=O)c3ccccc3C)C2)n1. The standard InChI is InChI=1S/C17H20N4O2/c1-12-5-3-4-6-15(12)17(23)20-9-7-14(11-20)21-10-8-16(19-21)18-13(2)22/h3-6,8,10,14H,7,9,11H2,1-2H3,(H,18,19,22)/t14-/m0/s1. The van der Waals surface area contributed by atoms with Crippen LogP contribution in [0.2, 0.25) is 0 Å². The predicted molar refractivity (Wildman–Crippen MR) is 87.3 cm³/mol. The summed E-state index contributed by atoms with van der Waals surface area (Å²) in [5, 5.41) is 7.03. The van der Waals surface area contributed by atoms with Crippen LogP contribution < -0.4 is 5.32 Å². The van der Waals surface area contributed by atoms with Crippen molar-refractivity contribution in [2.75, 3.05) is 18.4 Å². The second-order valence-electron chi connectivity index (χ2n) is 5.87. The third-order valence-electron chi connectivity index (χ3n) is 4.11. The molecule has 1 fully saturated rings. The number of rotatable bonds is 3. The minimum atomic E-state index is -0.141. The Bertz CT molecular complexity index is 738. The van der Waals surface area contributed by atoms with E-state index < -0.39 is 0 Å². The Morgan fingerprint density at radius 2 is 2.04 bits per heavy atom. The van der Waals surface area contributed by atoms with Gasteiger partial charge < -0.3 is 10.2 Å². The summed E-state index contributed by atoms with van der Waals surface area (Å²) >= 11 is 0. The number of hydrogen-bond acceptors (Lipinski definition) is 3. The monoisotopic (exact) mass is 312 g/mol. The Hall–Kier alpha value is -2.63. The molecule has 1 aliphatic heterocycles. The van der Waals surface area contributed by atoms with Gasteiger partial charge in [-0.3, -0.25) is 14.3 Å². The topological polar surface area (TPSA) is 67.2 Å². The first-order valence-electron chi connectivity index (χ1n) is 7.72. The van der Waals surface area contributed by atoms with Crippen LogP contribution in [0.1, 0.15) is 35.3 Å². The van der Waals surface area contributed by atoms with E-state index in [-0.39, 0.29) is 17.9 Å². The lowest BCUT2D eigenvalue weighted by molar-refractivity contribution is -0.114. The fraction of sp³-hybridized carbons (Fsp3) is 0.353. The number of anilines is 1. The second-order valence-corrected chi connectivity index (χ2v) is 5.87. The van der Waals surface area contributed by atoms with Gasteiger partial charge in [-0.2, -0.15) is 5.10 Å². The largest absolute Gasteiger partial charge is 0.336 e. The van der Waals surface area contributed by atoms with Crippen LogP contribution in [0, 0.1) is 6.92 Å². The van der Waals surface area contributed by atoms with Crippen molar-refractivity contribution in [2.24, 2.45) is 0 Å². The van der Waals surface area contributed by atoms with E-state index in [4.69, 9.17) is 0 Å². The normalized spacial score (nSPS) is 17.3. The van der Waals surface area contributed by atoms with Crippen LogP contribution >= 0.6 is 0 Å². The number of carbonyl (C=O) groups is 2. The lowest BCUT2D eigenvalue weighted by Crippen LogP contribution is -2.29. The van der Waals surface area contributed by atoms with E-state index in [2.05, 4.69) is 10.4 Å². The van der Waals surface area contributed by atoms with E-state index in [0.717, 1.165) is 17.5 Å². The van der Waals surface area contributed by atoms with Crippen molar-refractivity contribution < 1.29 is 9.59 Å². The molecule has 0 spiro atoms. The molecule has 23 heavy (non-hydrogen) atoms. The van der Waals surface area contributed by atoms with Gasteiger partial charge in [0.05, 0.1) is 6.04 Å². The maximum absolute atomic E-state index is 12.6. The Morgan fingerprint density at radius 3 is 2.78 bits per heavy atom. The summed E-state index contributed by atoms with van der Waals surface area (Å²) in [6.45, 7) is 4.76. The molecular formula is C17H20N4O2. The molecule has 0 radical (unpaired) electrons. The van der Waals surface area contributed by atoms with Crippen molar-refractivity contribution in [3.8, 4) is 0 Å². The van der Waals surface area contributed by atoms with Gasteiger partial charge in [-0.05, 0) is 25.0 Å². The van der Waals surface area contributed by atoms with E-state index in [1.165, 1.54) is 6.92 Å². The maximum atomic E-state index is 12.6. The van der Waals surface area contributed by atoms with Crippen molar-refractivity contribution in [3.63, 3.8) is 0 Å². The van der Waals surface area contributed by atoms with Crippen molar-refractivity contribution in [1.82, 2.24) is 14.7 Å². The van der Waals surface area contributed by atoms with Gasteiger partial charge in [0.25, 0.3) is 5.91 Å². The first-order valence-corrected chi connectivity index (χ1v) is 7.72. The molecule has 120 valence electrons. The van der Waals surface area contributed by atoms with E-state index >= 15 is 0 Å². The number of likely N-dealkylation sites (tertiary alicyclic amines) is 1. The third kappa shape index (κ3) is 3.26. The molecule has 0 saturated carbocycles. The van der Waals surface area contributed by atoms with E-state index in [1.54, 1.807) is 6.07 Å². The first kappa shape index (κ1) is 15.3. The highest BCUT2D eigenvalue weighted by molar-refractivity contribution is 5.95. The molecule has 1 atom stereocenters. The van der Waals surface area contributed by atoms with Gasteiger partial charge in [0.15, 0.2) is 5.82 Å². The zero-order valence-electron chi connectivity index (χ0n) is 13.3. The highest BCUT2D eigenvalue weighted by Gasteiger charge is 2.29. The Morgan fingerprint density at radius 1 is 1.26 bits per heavy atom. The van der Waals surface area contributed by atoms with Gasteiger partial charge in [-0.1, -0.05) is 18.2 Å². The molecule has 1 aromatic heterocycles. The van der Waals surface area contributed by atoms with Crippen molar-refractivity contribution >= 4 is 17.6 Å². The average Bonchev–Trinajstić information content (AvgIpc) is 3.15. The van der Waals surface area contributed by atoms with Gasteiger partial charge in [0, 0.05) is 37.8 Å². The highest BCUT2D eigenvalue weighted by atomic mass is 16.2. The van der Waals surface area contributed by atoms with Gasteiger partial charge in [0.1, 0.15) is 0 Å². The summed E-state index contributed by atoms with van der Waals surface area (Å²) in [6, 6.07) is 9.56. The van der Waals surface area contributed by atoms with E-state index in [1.807, 2.05) is 47.0 Å². The quantitative estimate of drug-likeness (QED) is 0.945. The Labute approximate surface area is 135 Å². The predicted octanol–water partition coefficient (Wildman–Crippen LogP) is 2.24. The number of aryl methyl sites for hydroxylation is 1. The van der Waals surface area contributed by atoms with E-state index in [9.17, 15) is 9.59 Å². The molecule has 2 heterocycles. The second kappa shape index (κ2) is 6.24. The molecule has 0 unspecified atom stereocenters. The summed E-state index contributed by atoms with van der Waals surface area (Å²) in [6.07, 6.45) is 2.70. The van der Waals surface area contributed by atoms with Gasteiger partial charge >= 0.3 is 0 Å². The zero-order chi connectivity index (χ0) is 16.4. The van der Waals surface area contributed by atoms with Crippen molar-refractivity contribution in [1.29, 1.82) is 0 Å². The van der Waals surface area contributed by atoms with E-state index in [0.29, 0.717) is 18.9 Å². The summed E-state index contributed by atoms with van der Waals surface area (Å²) in [5.41, 5.74) is 1.75. The molecule has 1 N–H and O–H groups in total. The summed E-state index contributed by atoms with van der Waals surface area (Å²) < 4.78 is 1.83. The number of nitrogens with zero attached hydrogens (tertiary/aromatic N) is 3. The molecule has 1 aliphatic rings. The molecular weight excluding hydrogens is 292 g/mol. The first-order chi connectivity index (χ1) is 11.0. The number of nitrogens with one attached hydrogen (secondary N) is 1. The number of aromatic nitrogens is 2. The van der Waals surface area contributed by atoms with Crippen LogP contribution in [0.4, 0.5) is 5.82 Å². The molecule has 1 saturated heterocycles. The Balaban J connectivity index is 1.69. The highest BCUT2D eigenvalue weighted by Crippen LogP contribution is 2.24. The van der Waals surface area contributed by atoms with Crippen molar-refractivity contribution in [2.45, 2.75) is 26.3 Å². The zero-order valence-corrected chi connectivity index (χ0v) is 13.3. The fourth-order valence-corrected chi connectivity index (χ4v) is 2.91. The number of carbonyl (C=O) groups excluding carboxylic acids is 2. The summed E-state index contributed by atoms with van der Waals surface area (Å²) in [7, 11) is 0. The summed E-state index contributed by atoms with van der Waals surface area (Å²) in [5.74, 6) is 0.471. The van der Waals surface area contributed by atoms with Crippen LogP contribution in [0.15, 0.2) is 36.5 Å². The third-order valence-corrected chi connectivity index (χ3v) is 4.11. The van der Waals surface area contributed by atoms with Crippen molar-refractivity contribution in [3.05, 3.63) is 47.7 Å². The number of benzene rings is 1. The smallest absolute Gasteiger partial charge is 0.254 e. The molecule has 6 nitrogen and oxygen atoms in total. The fourth-order valence-electron chi connectivity index (χ4n) is 2.91.